The molecule has 1 aromatic carbocycles. The van der Waals surface area contributed by atoms with E-state index in [0.717, 1.165) is 50.7 Å². The normalized spacial score (nSPS) is 13.1. The Morgan fingerprint density at radius 1 is 1.19 bits per heavy atom. The van der Waals surface area contributed by atoms with Crippen LogP contribution < -0.4 is 20.1 Å². The van der Waals surface area contributed by atoms with Gasteiger partial charge in [-0.2, -0.15) is 0 Å². The van der Waals surface area contributed by atoms with Gasteiger partial charge in [-0.25, -0.2) is 4.99 Å². The van der Waals surface area contributed by atoms with E-state index in [4.69, 9.17) is 25.8 Å². The maximum atomic E-state index is 6.27. The third kappa shape index (κ3) is 7.75. The molecular formula is C18H29ClIN3O3. The van der Waals surface area contributed by atoms with Gasteiger partial charge in [0, 0.05) is 26.3 Å². The van der Waals surface area contributed by atoms with Crippen LogP contribution in [0.15, 0.2) is 17.1 Å². The highest BCUT2D eigenvalue weighted by molar-refractivity contribution is 14.0. The molecule has 8 heteroatoms. The topological polar surface area (TPSA) is 64.1 Å². The molecule has 1 aliphatic rings. The quantitative estimate of drug-likeness (QED) is 0.236. The van der Waals surface area contributed by atoms with Crippen LogP contribution in [0.1, 0.15) is 32.3 Å². The van der Waals surface area contributed by atoms with Crippen LogP contribution in [0.25, 0.3) is 0 Å². The number of unbranched alkanes of at least 4 members (excludes halogenated alkanes) is 1. The zero-order valence-corrected chi connectivity index (χ0v) is 18.6. The summed E-state index contributed by atoms with van der Waals surface area (Å²) in [5.41, 5.74) is 0.989. The van der Waals surface area contributed by atoms with Crippen molar-refractivity contribution < 1.29 is 14.2 Å². The number of benzene rings is 1. The Labute approximate surface area is 178 Å². The van der Waals surface area contributed by atoms with Gasteiger partial charge >= 0.3 is 0 Å². The van der Waals surface area contributed by atoms with Gasteiger partial charge in [0.15, 0.2) is 17.5 Å². The standard InChI is InChI=1S/C18H28ClN3O3.HI/c1-3-20-18(21-7-5-6-8-23-4-2)22-13-14-11-15(19)17-16(12-14)24-9-10-25-17;/h11-12H,3-10,13H2,1-2H3,(H2,20,21,22);1H. The summed E-state index contributed by atoms with van der Waals surface area (Å²) in [4.78, 5) is 4.62. The summed E-state index contributed by atoms with van der Waals surface area (Å²) in [5.74, 6) is 2.11. The van der Waals surface area contributed by atoms with E-state index in [-0.39, 0.29) is 24.0 Å². The highest BCUT2D eigenvalue weighted by Gasteiger charge is 2.16. The molecule has 26 heavy (non-hydrogen) atoms. The smallest absolute Gasteiger partial charge is 0.191 e. The molecular weight excluding hydrogens is 469 g/mol. The Balaban J connectivity index is 0.00000338. The predicted molar refractivity (Wildman–Crippen MR) is 116 cm³/mol. The van der Waals surface area contributed by atoms with Crippen molar-refractivity contribution in [1.29, 1.82) is 0 Å². The Bertz CT molecular complexity index is 573. The molecule has 0 radical (unpaired) electrons. The minimum Gasteiger partial charge on any atom is -0.486 e. The fraction of sp³-hybridized carbons (Fsp3) is 0.611. The summed E-state index contributed by atoms with van der Waals surface area (Å²) in [6.07, 6.45) is 2.08. The van der Waals surface area contributed by atoms with Gasteiger partial charge in [-0.05, 0) is 44.4 Å². The van der Waals surface area contributed by atoms with E-state index in [1.807, 2.05) is 26.0 Å². The lowest BCUT2D eigenvalue weighted by atomic mass is 10.2. The van der Waals surface area contributed by atoms with Gasteiger partial charge in [-0.3, -0.25) is 0 Å². The highest BCUT2D eigenvalue weighted by Crippen LogP contribution is 2.38. The van der Waals surface area contributed by atoms with Gasteiger partial charge in [0.1, 0.15) is 13.2 Å². The molecule has 0 amide bonds. The summed E-state index contributed by atoms with van der Waals surface area (Å²) in [6, 6.07) is 3.82. The zero-order valence-electron chi connectivity index (χ0n) is 15.5. The number of fused-ring (bicyclic) bond motifs is 1. The number of hydrogen-bond donors (Lipinski definition) is 2. The van der Waals surface area contributed by atoms with Gasteiger partial charge in [-0.15, -0.1) is 24.0 Å². The summed E-state index contributed by atoms with van der Waals surface area (Å²) < 4.78 is 16.5. The molecule has 2 rings (SSSR count). The third-order valence-corrected chi connectivity index (χ3v) is 3.91. The molecule has 6 nitrogen and oxygen atoms in total. The largest absolute Gasteiger partial charge is 0.486 e. The molecule has 0 atom stereocenters. The van der Waals surface area contributed by atoms with Crippen LogP contribution in [0.4, 0.5) is 0 Å². The summed E-state index contributed by atoms with van der Waals surface area (Å²) in [5, 5.41) is 7.16. The minimum absolute atomic E-state index is 0. The molecule has 148 valence electrons. The monoisotopic (exact) mass is 497 g/mol. The third-order valence-electron chi connectivity index (χ3n) is 3.63. The first kappa shape index (κ1) is 23.1. The van der Waals surface area contributed by atoms with Crippen molar-refractivity contribution in [2.75, 3.05) is 39.5 Å². The van der Waals surface area contributed by atoms with Crippen LogP contribution in [0.5, 0.6) is 11.5 Å². The molecule has 0 aliphatic carbocycles. The van der Waals surface area contributed by atoms with E-state index in [1.165, 1.54) is 0 Å². The molecule has 0 saturated carbocycles. The molecule has 1 aliphatic heterocycles. The number of hydrogen-bond acceptors (Lipinski definition) is 4. The lowest BCUT2D eigenvalue weighted by Gasteiger charge is -2.20. The molecule has 2 N–H and O–H groups in total. The van der Waals surface area contributed by atoms with Gasteiger partial charge in [0.25, 0.3) is 0 Å². The van der Waals surface area contributed by atoms with Crippen LogP contribution in [-0.2, 0) is 11.3 Å². The zero-order chi connectivity index (χ0) is 17.9. The fourth-order valence-corrected chi connectivity index (χ4v) is 2.74. The summed E-state index contributed by atoms with van der Waals surface area (Å²) in [6.45, 7) is 8.91. The maximum absolute atomic E-state index is 6.27. The number of nitrogens with zero attached hydrogens (tertiary/aromatic N) is 1. The first-order valence-corrected chi connectivity index (χ1v) is 9.30. The van der Waals surface area contributed by atoms with Crippen molar-refractivity contribution in [2.45, 2.75) is 33.2 Å². The van der Waals surface area contributed by atoms with Gasteiger partial charge in [-0.1, -0.05) is 11.6 Å². The number of nitrogens with one attached hydrogen (secondary N) is 2. The number of guanidine groups is 1. The average Bonchev–Trinajstić information content (AvgIpc) is 2.62. The van der Waals surface area contributed by atoms with Crippen molar-refractivity contribution >= 4 is 41.5 Å². The Morgan fingerprint density at radius 3 is 2.77 bits per heavy atom. The lowest BCUT2D eigenvalue weighted by Crippen LogP contribution is -2.37. The Hall–Kier alpha value is -0.930. The molecule has 1 heterocycles. The van der Waals surface area contributed by atoms with Crippen LogP contribution in [0.3, 0.4) is 0 Å². The molecule has 0 unspecified atom stereocenters. The predicted octanol–water partition coefficient (Wildman–Crippen LogP) is 3.60. The van der Waals surface area contributed by atoms with E-state index in [9.17, 15) is 0 Å². The molecule has 0 bridgehead atoms. The van der Waals surface area contributed by atoms with Crippen molar-refractivity contribution in [3.05, 3.63) is 22.7 Å². The second kappa shape index (κ2) is 13.3. The van der Waals surface area contributed by atoms with Crippen molar-refractivity contribution in [3.8, 4) is 11.5 Å². The summed E-state index contributed by atoms with van der Waals surface area (Å²) in [7, 11) is 0. The van der Waals surface area contributed by atoms with Crippen LogP contribution in [0.2, 0.25) is 5.02 Å². The molecule has 0 fully saturated rings. The van der Waals surface area contributed by atoms with Crippen molar-refractivity contribution in [1.82, 2.24) is 10.6 Å². The van der Waals surface area contributed by atoms with E-state index < -0.39 is 0 Å². The van der Waals surface area contributed by atoms with E-state index in [0.29, 0.717) is 36.3 Å². The van der Waals surface area contributed by atoms with Gasteiger partial charge < -0.3 is 24.8 Å². The van der Waals surface area contributed by atoms with Crippen LogP contribution >= 0.6 is 35.6 Å². The fourth-order valence-electron chi connectivity index (χ4n) is 2.45. The molecule has 0 spiro atoms. The second-order valence-corrected chi connectivity index (χ2v) is 6.03. The first-order chi connectivity index (χ1) is 12.2. The van der Waals surface area contributed by atoms with Crippen molar-refractivity contribution in [3.63, 3.8) is 0 Å². The van der Waals surface area contributed by atoms with E-state index in [1.54, 1.807) is 0 Å². The second-order valence-electron chi connectivity index (χ2n) is 5.63. The molecule has 0 aromatic heterocycles. The van der Waals surface area contributed by atoms with E-state index in [2.05, 4.69) is 15.6 Å². The lowest BCUT2D eigenvalue weighted by molar-refractivity contribution is 0.143. The number of ether oxygens (including phenoxy) is 3. The number of aliphatic imine (C=N–C) groups is 1. The Kier molecular flexibility index (Phi) is 11.8. The van der Waals surface area contributed by atoms with Crippen LogP contribution in [0, 0.1) is 0 Å². The number of halogens is 2. The molecule has 1 aromatic rings. The minimum atomic E-state index is 0. The summed E-state index contributed by atoms with van der Waals surface area (Å²) >= 11 is 6.27. The van der Waals surface area contributed by atoms with Gasteiger partial charge in [0.05, 0.1) is 11.6 Å². The van der Waals surface area contributed by atoms with Crippen LogP contribution in [-0.4, -0.2) is 45.5 Å². The van der Waals surface area contributed by atoms with Gasteiger partial charge in [0.2, 0.25) is 0 Å². The first-order valence-electron chi connectivity index (χ1n) is 8.92. The average molecular weight is 498 g/mol. The SMILES string of the molecule is CCNC(=NCc1cc(Cl)c2c(c1)OCCO2)NCCCCOCC.I. The maximum Gasteiger partial charge on any atom is 0.191 e. The Morgan fingerprint density at radius 2 is 2.00 bits per heavy atom. The number of rotatable bonds is 9. The highest BCUT2D eigenvalue weighted by atomic mass is 127. The van der Waals surface area contributed by atoms with E-state index >= 15 is 0 Å². The van der Waals surface area contributed by atoms with Crippen molar-refractivity contribution in [2.24, 2.45) is 4.99 Å². The molecule has 0 saturated heterocycles.